The molecule has 0 aliphatic carbocycles. The number of amides is 2. The fraction of sp³-hybridized carbons (Fsp3) is 0.400. The molecule has 1 unspecified atom stereocenters. The van der Waals surface area contributed by atoms with E-state index in [4.69, 9.17) is 9.84 Å². The number of nitrogens with zero attached hydrogens (tertiary/aromatic N) is 1. The Morgan fingerprint density at radius 3 is 2.57 bits per heavy atom. The van der Waals surface area contributed by atoms with Crippen LogP contribution in [-0.4, -0.2) is 40.9 Å². The Kier molecular flexibility index (Phi) is 4.57. The molecule has 0 aromatic heterocycles. The number of hydrogen-bond donors (Lipinski definition) is 1. The van der Waals surface area contributed by atoms with Crippen LogP contribution in [0.2, 0.25) is 0 Å². The Labute approximate surface area is 122 Å². The van der Waals surface area contributed by atoms with Crippen molar-refractivity contribution >= 4 is 17.8 Å². The number of methoxy groups -OCH3 is 1. The molecule has 2 rings (SSSR count). The first-order valence-electron chi connectivity index (χ1n) is 6.75. The minimum atomic E-state index is -0.925. The second kappa shape index (κ2) is 6.39. The summed E-state index contributed by atoms with van der Waals surface area (Å²) in [6.45, 7) is 0. The highest BCUT2D eigenvalue weighted by molar-refractivity contribution is 6.06. The molecule has 0 spiro atoms. The highest BCUT2D eigenvalue weighted by Crippen LogP contribution is 2.25. The smallest absolute Gasteiger partial charge is 0.303 e. The highest BCUT2D eigenvalue weighted by Gasteiger charge is 2.36. The van der Waals surface area contributed by atoms with E-state index in [1.165, 1.54) is 12.0 Å². The van der Waals surface area contributed by atoms with Gasteiger partial charge >= 0.3 is 5.97 Å². The summed E-state index contributed by atoms with van der Waals surface area (Å²) in [5, 5.41) is 8.74. The van der Waals surface area contributed by atoms with Gasteiger partial charge in [-0.3, -0.25) is 19.3 Å². The quantitative estimate of drug-likeness (QED) is 0.835. The second-order valence-corrected chi connectivity index (χ2v) is 4.92. The van der Waals surface area contributed by atoms with Crippen LogP contribution in [0.4, 0.5) is 0 Å². The zero-order valence-corrected chi connectivity index (χ0v) is 11.7. The standard InChI is InChI=1S/C15H17NO5/c1-21-12-6-2-10(3-7-12)15(20)16-11(4-8-13(16)17)5-9-14(18)19/h2-3,6-7,11H,4-5,8-9H2,1H3,(H,18,19). The van der Waals surface area contributed by atoms with Gasteiger partial charge in [-0.05, 0) is 37.1 Å². The fourth-order valence-electron chi connectivity index (χ4n) is 2.46. The summed E-state index contributed by atoms with van der Waals surface area (Å²) in [5.74, 6) is -0.922. The first-order valence-corrected chi connectivity index (χ1v) is 6.75. The van der Waals surface area contributed by atoms with Gasteiger partial charge in [0, 0.05) is 24.4 Å². The molecule has 6 heteroatoms. The predicted octanol–water partition coefficient (Wildman–Crippen LogP) is 1.69. The number of aliphatic carboxylic acids is 1. The van der Waals surface area contributed by atoms with Crippen molar-refractivity contribution in [2.75, 3.05) is 7.11 Å². The van der Waals surface area contributed by atoms with Gasteiger partial charge in [-0.2, -0.15) is 0 Å². The third-order valence-electron chi connectivity index (χ3n) is 3.57. The number of imide groups is 1. The first kappa shape index (κ1) is 15.0. The molecule has 1 heterocycles. The molecule has 0 saturated carbocycles. The molecule has 1 aliphatic rings. The summed E-state index contributed by atoms with van der Waals surface area (Å²) in [7, 11) is 1.53. The lowest BCUT2D eigenvalue weighted by Gasteiger charge is -2.22. The van der Waals surface area contributed by atoms with E-state index >= 15 is 0 Å². The van der Waals surface area contributed by atoms with Crippen LogP contribution in [0.25, 0.3) is 0 Å². The molecule has 1 atom stereocenters. The number of carbonyl (C=O) groups is 3. The Hall–Kier alpha value is -2.37. The third kappa shape index (κ3) is 3.39. The molecule has 1 aliphatic heterocycles. The van der Waals surface area contributed by atoms with E-state index in [1.54, 1.807) is 24.3 Å². The van der Waals surface area contributed by atoms with E-state index in [2.05, 4.69) is 0 Å². The molecule has 1 saturated heterocycles. The molecule has 0 bridgehead atoms. The van der Waals surface area contributed by atoms with E-state index in [1.807, 2.05) is 0 Å². The third-order valence-corrected chi connectivity index (χ3v) is 3.57. The molecule has 1 aromatic carbocycles. The molecule has 2 amide bonds. The van der Waals surface area contributed by atoms with E-state index in [-0.39, 0.29) is 30.7 Å². The van der Waals surface area contributed by atoms with Gasteiger partial charge in [-0.1, -0.05) is 0 Å². The normalized spacial score (nSPS) is 17.9. The number of benzene rings is 1. The van der Waals surface area contributed by atoms with E-state index in [9.17, 15) is 14.4 Å². The van der Waals surface area contributed by atoms with Gasteiger partial charge in [-0.15, -0.1) is 0 Å². The number of ether oxygens (including phenoxy) is 1. The van der Waals surface area contributed by atoms with Gasteiger partial charge in [0.1, 0.15) is 5.75 Å². The van der Waals surface area contributed by atoms with Crippen LogP contribution in [0.15, 0.2) is 24.3 Å². The summed E-state index contributed by atoms with van der Waals surface area (Å²) < 4.78 is 5.02. The average molecular weight is 291 g/mol. The predicted molar refractivity (Wildman–Crippen MR) is 74.1 cm³/mol. The molecule has 1 N–H and O–H groups in total. The van der Waals surface area contributed by atoms with E-state index in [0.29, 0.717) is 24.2 Å². The lowest BCUT2D eigenvalue weighted by atomic mass is 10.1. The van der Waals surface area contributed by atoms with Crippen LogP contribution in [-0.2, 0) is 9.59 Å². The summed E-state index contributed by atoms with van der Waals surface area (Å²) in [5.41, 5.74) is 0.395. The Balaban J connectivity index is 2.13. The topological polar surface area (TPSA) is 83.9 Å². The summed E-state index contributed by atoms with van der Waals surface area (Å²) >= 11 is 0. The fourth-order valence-corrected chi connectivity index (χ4v) is 2.46. The molecule has 6 nitrogen and oxygen atoms in total. The average Bonchev–Trinajstić information content (AvgIpc) is 2.85. The molecular weight excluding hydrogens is 274 g/mol. The molecule has 21 heavy (non-hydrogen) atoms. The van der Waals surface area contributed by atoms with Crippen molar-refractivity contribution in [1.29, 1.82) is 0 Å². The largest absolute Gasteiger partial charge is 0.497 e. The van der Waals surface area contributed by atoms with Gasteiger partial charge in [0.2, 0.25) is 5.91 Å². The van der Waals surface area contributed by atoms with Gasteiger partial charge in [0.05, 0.1) is 7.11 Å². The van der Waals surface area contributed by atoms with Crippen LogP contribution in [0, 0.1) is 0 Å². The SMILES string of the molecule is COc1ccc(C(=O)N2C(=O)CCC2CCC(=O)O)cc1. The van der Waals surface area contributed by atoms with Gasteiger partial charge in [-0.25, -0.2) is 0 Å². The summed E-state index contributed by atoms with van der Waals surface area (Å²) in [4.78, 5) is 36.2. The minimum absolute atomic E-state index is 0.0513. The summed E-state index contributed by atoms with van der Waals surface area (Å²) in [6.07, 6.45) is 1.05. The van der Waals surface area contributed by atoms with Crippen LogP contribution in [0.3, 0.4) is 0 Å². The first-order chi connectivity index (χ1) is 10.0. The van der Waals surface area contributed by atoms with Crippen LogP contribution in [0.1, 0.15) is 36.0 Å². The van der Waals surface area contributed by atoms with Crippen LogP contribution < -0.4 is 4.74 Å². The number of hydrogen-bond acceptors (Lipinski definition) is 4. The van der Waals surface area contributed by atoms with E-state index < -0.39 is 5.97 Å². The molecule has 112 valence electrons. The number of carboxylic acids is 1. The number of rotatable bonds is 5. The zero-order valence-electron chi connectivity index (χ0n) is 11.7. The van der Waals surface area contributed by atoms with Crippen molar-refractivity contribution < 1.29 is 24.2 Å². The number of carbonyl (C=O) groups excluding carboxylic acids is 2. The summed E-state index contributed by atoms with van der Waals surface area (Å²) in [6, 6.07) is 6.17. The Morgan fingerprint density at radius 1 is 1.33 bits per heavy atom. The number of likely N-dealkylation sites (tertiary alicyclic amines) is 1. The monoisotopic (exact) mass is 291 g/mol. The maximum atomic E-state index is 12.4. The molecule has 1 fully saturated rings. The van der Waals surface area contributed by atoms with Gasteiger partial charge < -0.3 is 9.84 Å². The highest BCUT2D eigenvalue weighted by atomic mass is 16.5. The van der Waals surface area contributed by atoms with Crippen LogP contribution in [0.5, 0.6) is 5.75 Å². The Morgan fingerprint density at radius 2 is 2.00 bits per heavy atom. The lowest BCUT2D eigenvalue weighted by Crippen LogP contribution is -2.38. The lowest BCUT2D eigenvalue weighted by molar-refractivity contribution is -0.137. The van der Waals surface area contributed by atoms with Crippen molar-refractivity contribution in [3.63, 3.8) is 0 Å². The van der Waals surface area contributed by atoms with Crippen molar-refractivity contribution in [3.05, 3.63) is 29.8 Å². The molecular formula is C15H17NO5. The van der Waals surface area contributed by atoms with Crippen molar-refractivity contribution in [2.45, 2.75) is 31.7 Å². The maximum absolute atomic E-state index is 12.4. The molecule has 0 radical (unpaired) electrons. The van der Waals surface area contributed by atoms with Gasteiger partial charge in [0.25, 0.3) is 5.91 Å². The second-order valence-electron chi connectivity index (χ2n) is 4.92. The van der Waals surface area contributed by atoms with Crippen molar-refractivity contribution in [2.24, 2.45) is 0 Å². The minimum Gasteiger partial charge on any atom is -0.497 e. The number of carboxylic acid groups (broad SMARTS) is 1. The zero-order chi connectivity index (χ0) is 15.4. The Bertz CT molecular complexity index is 552. The maximum Gasteiger partial charge on any atom is 0.303 e. The molecule has 1 aromatic rings. The van der Waals surface area contributed by atoms with E-state index in [0.717, 1.165) is 0 Å². The van der Waals surface area contributed by atoms with Crippen molar-refractivity contribution in [1.82, 2.24) is 4.90 Å². The van der Waals surface area contributed by atoms with Crippen molar-refractivity contribution in [3.8, 4) is 5.75 Å². The van der Waals surface area contributed by atoms with Gasteiger partial charge in [0.15, 0.2) is 0 Å². The van der Waals surface area contributed by atoms with Crippen LogP contribution >= 0.6 is 0 Å².